The highest BCUT2D eigenvalue weighted by atomic mass is 16.2. The van der Waals surface area contributed by atoms with E-state index in [1.165, 1.54) is 5.56 Å². The maximum Gasteiger partial charge on any atom is 0.243 e. The first-order valence-corrected chi connectivity index (χ1v) is 9.44. The number of carbonyl (C=O) groups is 1. The monoisotopic (exact) mass is 363 g/mol. The van der Waals surface area contributed by atoms with Crippen LogP contribution >= 0.6 is 0 Å². The van der Waals surface area contributed by atoms with Crippen LogP contribution in [0, 0.1) is 6.92 Å². The van der Waals surface area contributed by atoms with Crippen LogP contribution in [0.2, 0.25) is 0 Å². The van der Waals surface area contributed by atoms with Gasteiger partial charge in [0.25, 0.3) is 0 Å². The molecule has 1 aromatic heterocycles. The Balaban J connectivity index is 1.76. The number of allylic oxidation sites excluding steroid dienone is 2. The highest BCUT2D eigenvalue weighted by Gasteiger charge is 2.24. The SMILES string of the molecule is Cc1ccc2nc(N3CC(=O)NC4=CCCC=C4C3)cc(NCCN)c2c1. The molecule has 1 amide bonds. The van der Waals surface area contributed by atoms with Crippen molar-refractivity contribution in [3.63, 3.8) is 0 Å². The lowest BCUT2D eigenvalue weighted by Gasteiger charge is -2.23. The number of aryl methyl sites for hydroxylation is 1. The number of pyridine rings is 1. The normalized spacial score (nSPS) is 17.0. The molecule has 2 heterocycles. The van der Waals surface area contributed by atoms with E-state index in [4.69, 9.17) is 10.7 Å². The fraction of sp³-hybridized carbons (Fsp3) is 0.333. The number of carbonyl (C=O) groups excluding carboxylic acids is 1. The summed E-state index contributed by atoms with van der Waals surface area (Å²) >= 11 is 0. The lowest BCUT2D eigenvalue weighted by Crippen LogP contribution is -2.33. The second-order valence-electron chi connectivity index (χ2n) is 7.09. The molecule has 0 radical (unpaired) electrons. The highest BCUT2D eigenvalue weighted by molar-refractivity contribution is 5.94. The Morgan fingerprint density at radius 2 is 2.07 bits per heavy atom. The smallest absolute Gasteiger partial charge is 0.243 e. The van der Waals surface area contributed by atoms with Gasteiger partial charge in [0.05, 0.1) is 12.1 Å². The third kappa shape index (κ3) is 3.66. The van der Waals surface area contributed by atoms with E-state index in [0.717, 1.165) is 46.5 Å². The lowest BCUT2D eigenvalue weighted by atomic mass is 10.0. The van der Waals surface area contributed by atoms with Gasteiger partial charge in [0.15, 0.2) is 0 Å². The highest BCUT2D eigenvalue weighted by Crippen LogP contribution is 2.30. The molecule has 1 aromatic carbocycles. The van der Waals surface area contributed by atoms with Gasteiger partial charge in [0, 0.05) is 42.5 Å². The summed E-state index contributed by atoms with van der Waals surface area (Å²) in [5, 5.41) is 7.51. The molecule has 2 aromatic rings. The van der Waals surface area contributed by atoms with Crippen LogP contribution < -0.4 is 21.3 Å². The Labute approximate surface area is 159 Å². The molecule has 6 nitrogen and oxygen atoms in total. The van der Waals surface area contributed by atoms with Gasteiger partial charge in [0.1, 0.15) is 5.82 Å². The van der Waals surface area contributed by atoms with Crippen LogP contribution in [0.15, 0.2) is 47.7 Å². The molecule has 27 heavy (non-hydrogen) atoms. The number of amides is 1. The molecule has 0 atom stereocenters. The molecule has 4 N–H and O–H groups in total. The summed E-state index contributed by atoms with van der Waals surface area (Å²) in [6.45, 7) is 4.27. The Morgan fingerprint density at radius 1 is 1.22 bits per heavy atom. The summed E-state index contributed by atoms with van der Waals surface area (Å²) in [5.74, 6) is 0.794. The number of benzene rings is 1. The van der Waals surface area contributed by atoms with Gasteiger partial charge in [-0.3, -0.25) is 4.79 Å². The molecule has 1 aliphatic heterocycles. The van der Waals surface area contributed by atoms with E-state index in [0.29, 0.717) is 19.6 Å². The van der Waals surface area contributed by atoms with Gasteiger partial charge in [-0.25, -0.2) is 4.98 Å². The van der Waals surface area contributed by atoms with Gasteiger partial charge in [-0.05, 0) is 37.5 Å². The van der Waals surface area contributed by atoms with Crippen LogP contribution in [0.3, 0.4) is 0 Å². The fourth-order valence-electron chi connectivity index (χ4n) is 3.63. The van der Waals surface area contributed by atoms with Gasteiger partial charge in [-0.2, -0.15) is 0 Å². The van der Waals surface area contributed by atoms with Crippen molar-refractivity contribution in [2.45, 2.75) is 19.8 Å². The number of nitrogens with one attached hydrogen (secondary N) is 2. The average molecular weight is 363 g/mol. The first-order chi connectivity index (χ1) is 13.1. The quantitative estimate of drug-likeness (QED) is 0.777. The van der Waals surface area contributed by atoms with Crippen molar-refractivity contribution in [1.82, 2.24) is 10.3 Å². The van der Waals surface area contributed by atoms with Crippen molar-refractivity contribution < 1.29 is 4.79 Å². The van der Waals surface area contributed by atoms with Crippen molar-refractivity contribution in [3.8, 4) is 0 Å². The van der Waals surface area contributed by atoms with E-state index < -0.39 is 0 Å². The summed E-state index contributed by atoms with van der Waals surface area (Å²) in [5.41, 5.74) is 10.9. The maximum absolute atomic E-state index is 12.4. The Hall–Kier alpha value is -2.86. The molecule has 4 rings (SSSR count). The summed E-state index contributed by atoms with van der Waals surface area (Å²) in [4.78, 5) is 19.3. The van der Waals surface area contributed by atoms with Gasteiger partial charge >= 0.3 is 0 Å². The van der Waals surface area contributed by atoms with Gasteiger partial charge < -0.3 is 21.3 Å². The summed E-state index contributed by atoms with van der Waals surface area (Å²) in [6, 6.07) is 8.25. The third-order valence-electron chi connectivity index (χ3n) is 4.96. The summed E-state index contributed by atoms with van der Waals surface area (Å²) < 4.78 is 0. The molecule has 0 saturated carbocycles. The first kappa shape index (κ1) is 17.5. The van der Waals surface area contributed by atoms with Crippen molar-refractivity contribution in [2.75, 3.05) is 36.4 Å². The lowest BCUT2D eigenvalue weighted by molar-refractivity contribution is -0.118. The van der Waals surface area contributed by atoms with Crippen LogP contribution in [-0.4, -0.2) is 37.1 Å². The average Bonchev–Trinajstić information content (AvgIpc) is 2.84. The molecule has 6 heteroatoms. The number of anilines is 2. The molecule has 1 saturated heterocycles. The van der Waals surface area contributed by atoms with E-state index in [1.807, 2.05) is 17.0 Å². The van der Waals surface area contributed by atoms with Gasteiger partial charge in [-0.1, -0.05) is 23.8 Å². The van der Waals surface area contributed by atoms with Crippen LogP contribution in [0.1, 0.15) is 18.4 Å². The Bertz CT molecular complexity index is 947. The van der Waals surface area contributed by atoms with Crippen LogP contribution in [0.25, 0.3) is 10.9 Å². The third-order valence-corrected chi connectivity index (χ3v) is 4.96. The zero-order valence-electron chi connectivity index (χ0n) is 15.6. The zero-order chi connectivity index (χ0) is 18.8. The predicted molar refractivity (Wildman–Crippen MR) is 110 cm³/mol. The molecular formula is C21H25N5O. The first-order valence-electron chi connectivity index (χ1n) is 9.44. The standard InChI is InChI=1S/C21H25N5O/c1-14-6-7-18-16(10-14)19(23-9-8-22)11-20(24-18)26-12-15-4-2-3-5-17(15)25-21(27)13-26/h4-7,10-11H,2-3,8-9,12-13,22H2,1H3,(H,23,24)(H,25,27). The van der Waals surface area contributed by atoms with E-state index in [1.54, 1.807) is 0 Å². The number of nitrogens with zero attached hydrogens (tertiary/aromatic N) is 2. The van der Waals surface area contributed by atoms with Crippen molar-refractivity contribution in [3.05, 3.63) is 53.3 Å². The van der Waals surface area contributed by atoms with Crippen molar-refractivity contribution in [1.29, 1.82) is 0 Å². The topological polar surface area (TPSA) is 83.3 Å². The molecule has 0 spiro atoms. The number of aromatic nitrogens is 1. The van der Waals surface area contributed by atoms with Crippen molar-refractivity contribution in [2.24, 2.45) is 5.73 Å². The minimum Gasteiger partial charge on any atom is -0.383 e. The minimum absolute atomic E-state index is 0.00572. The second kappa shape index (κ2) is 7.40. The molecule has 0 bridgehead atoms. The number of rotatable bonds is 4. The van der Waals surface area contributed by atoms with Crippen LogP contribution in [-0.2, 0) is 4.79 Å². The number of hydrogen-bond acceptors (Lipinski definition) is 5. The number of hydrogen-bond donors (Lipinski definition) is 3. The number of fused-ring (bicyclic) bond motifs is 2. The van der Waals surface area contributed by atoms with Crippen LogP contribution in [0.4, 0.5) is 11.5 Å². The van der Waals surface area contributed by atoms with E-state index in [9.17, 15) is 4.79 Å². The fourth-order valence-corrected chi connectivity index (χ4v) is 3.63. The Kier molecular flexibility index (Phi) is 4.81. The molecular weight excluding hydrogens is 338 g/mol. The van der Waals surface area contributed by atoms with Gasteiger partial charge in [-0.15, -0.1) is 0 Å². The predicted octanol–water partition coefficient (Wildman–Crippen LogP) is 2.45. The molecule has 140 valence electrons. The second-order valence-corrected chi connectivity index (χ2v) is 7.09. The maximum atomic E-state index is 12.4. The molecule has 1 aliphatic carbocycles. The Morgan fingerprint density at radius 3 is 2.93 bits per heavy atom. The number of nitrogens with two attached hydrogens (primary N) is 1. The molecule has 0 unspecified atom stereocenters. The van der Waals surface area contributed by atoms with E-state index in [-0.39, 0.29) is 12.5 Å². The van der Waals surface area contributed by atoms with E-state index in [2.05, 4.69) is 41.8 Å². The zero-order valence-corrected chi connectivity index (χ0v) is 15.6. The van der Waals surface area contributed by atoms with Crippen molar-refractivity contribution >= 4 is 28.3 Å². The van der Waals surface area contributed by atoms with Gasteiger partial charge in [0.2, 0.25) is 5.91 Å². The minimum atomic E-state index is -0.00572. The summed E-state index contributed by atoms with van der Waals surface area (Å²) in [6.07, 6.45) is 6.31. The van der Waals surface area contributed by atoms with Crippen LogP contribution in [0.5, 0.6) is 0 Å². The van der Waals surface area contributed by atoms with E-state index >= 15 is 0 Å². The molecule has 2 aliphatic rings. The summed E-state index contributed by atoms with van der Waals surface area (Å²) in [7, 11) is 0. The largest absolute Gasteiger partial charge is 0.383 e. The molecule has 1 fully saturated rings.